The van der Waals surface area contributed by atoms with Crippen molar-refractivity contribution in [2.45, 2.75) is 19.8 Å². The van der Waals surface area contributed by atoms with E-state index in [1.165, 1.54) is 5.56 Å². The highest BCUT2D eigenvalue weighted by atomic mass is 32.1. The predicted octanol–water partition coefficient (Wildman–Crippen LogP) is 3.17. The van der Waals surface area contributed by atoms with Crippen LogP contribution in [0.2, 0.25) is 0 Å². The van der Waals surface area contributed by atoms with Crippen molar-refractivity contribution >= 4 is 18.1 Å². The molecule has 1 aromatic rings. The molecule has 0 unspecified atom stereocenters. The van der Waals surface area contributed by atoms with Gasteiger partial charge in [-0.25, -0.2) is 0 Å². The Morgan fingerprint density at radius 1 is 1.18 bits per heavy atom. The van der Waals surface area contributed by atoms with Gasteiger partial charge < -0.3 is 0 Å². The number of benzene rings is 1. The first-order chi connectivity index (χ1) is 5.24. The molecule has 58 valence electrons. The minimum Gasteiger partial charge on any atom is -0.182 e. The molecule has 0 aliphatic carbocycles. The second kappa shape index (κ2) is 3.58. The molecule has 0 saturated heterocycles. The lowest BCUT2D eigenvalue weighted by atomic mass is 10.0. The average Bonchev–Trinajstić information content (AvgIpc) is 2.05. The lowest BCUT2D eigenvalue weighted by Crippen LogP contribution is -1.84. The van der Waals surface area contributed by atoms with Gasteiger partial charge in [0.1, 0.15) is 0 Å². The van der Waals surface area contributed by atoms with Gasteiger partial charge in [-0.1, -0.05) is 26.0 Å². The second-order valence-electron chi connectivity index (χ2n) is 2.84. The van der Waals surface area contributed by atoms with Gasteiger partial charge in [0, 0.05) is 12.4 Å². The number of hydrogen-bond acceptors (Lipinski definition) is 2. The average molecular weight is 165 g/mol. The number of nitrogens with zero attached hydrogens (tertiary/aromatic N) is 1. The van der Waals surface area contributed by atoms with Crippen LogP contribution in [-0.4, -0.2) is 0 Å². The SMILES string of the molecule is CC(C)c1ccc(N=S)cc1. The van der Waals surface area contributed by atoms with E-state index in [0.717, 1.165) is 5.69 Å². The van der Waals surface area contributed by atoms with Crippen LogP contribution in [0.5, 0.6) is 0 Å². The van der Waals surface area contributed by atoms with Gasteiger partial charge in [0.05, 0.1) is 5.69 Å². The van der Waals surface area contributed by atoms with Gasteiger partial charge in [-0.3, -0.25) is 0 Å². The van der Waals surface area contributed by atoms with Gasteiger partial charge >= 0.3 is 0 Å². The molecule has 0 aliphatic heterocycles. The van der Waals surface area contributed by atoms with Gasteiger partial charge in [0.15, 0.2) is 0 Å². The fourth-order valence-corrected chi connectivity index (χ4v) is 1.04. The van der Waals surface area contributed by atoms with Gasteiger partial charge in [-0.2, -0.15) is 4.36 Å². The van der Waals surface area contributed by atoms with Crippen molar-refractivity contribution in [3.8, 4) is 0 Å². The van der Waals surface area contributed by atoms with Crippen molar-refractivity contribution in [1.82, 2.24) is 0 Å². The van der Waals surface area contributed by atoms with E-state index in [2.05, 4.69) is 42.8 Å². The fourth-order valence-electron chi connectivity index (χ4n) is 0.920. The smallest absolute Gasteiger partial charge is 0.0769 e. The van der Waals surface area contributed by atoms with Crippen molar-refractivity contribution in [1.29, 1.82) is 0 Å². The Labute approximate surface area is 72.6 Å². The molecule has 0 radical (unpaired) electrons. The molecule has 0 heterocycles. The lowest BCUT2D eigenvalue weighted by Gasteiger charge is -2.03. The summed E-state index contributed by atoms with van der Waals surface area (Å²) in [6, 6.07) is 8.02. The molecule has 1 nitrogen and oxygen atoms in total. The third-order valence-electron chi connectivity index (χ3n) is 1.67. The van der Waals surface area contributed by atoms with Crippen LogP contribution in [0.4, 0.5) is 5.69 Å². The zero-order valence-corrected chi connectivity index (χ0v) is 7.56. The Kier molecular flexibility index (Phi) is 2.71. The predicted molar refractivity (Wildman–Crippen MR) is 50.0 cm³/mol. The first-order valence-corrected chi connectivity index (χ1v) is 4.04. The van der Waals surface area contributed by atoms with Crippen LogP contribution < -0.4 is 0 Å². The molecule has 1 rings (SSSR count). The highest BCUT2D eigenvalue weighted by Crippen LogP contribution is 2.18. The van der Waals surface area contributed by atoms with Crippen LogP contribution in [0.25, 0.3) is 0 Å². The molecule has 0 atom stereocenters. The van der Waals surface area contributed by atoms with E-state index in [1.54, 1.807) is 0 Å². The summed E-state index contributed by atoms with van der Waals surface area (Å²) >= 11 is 4.55. The molecular weight excluding hydrogens is 154 g/mol. The molecule has 0 aromatic heterocycles. The quantitative estimate of drug-likeness (QED) is 0.655. The minimum atomic E-state index is 0.578. The van der Waals surface area contributed by atoms with Gasteiger partial charge in [0.2, 0.25) is 0 Å². The summed E-state index contributed by atoms with van der Waals surface area (Å²) in [6.45, 7) is 4.33. The van der Waals surface area contributed by atoms with E-state index >= 15 is 0 Å². The third kappa shape index (κ3) is 2.09. The van der Waals surface area contributed by atoms with Crippen LogP contribution in [0.3, 0.4) is 0 Å². The molecule has 1 aromatic carbocycles. The highest BCUT2D eigenvalue weighted by Gasteiger charge is 1.96. The molecule has 2 heteroatoms. The summed E-state index contributed by atoms with van der Waals surface area (Å²) in [5.74, 6) is 0.578. The molecule has 0 spiro atoms. The van der Waals surface area contributed by atoms with Crippen molar-refractivity contribution < 1.29 is 0 Å². The Bertz CT molecular complexity index is 238. The standard InChI is InChI=1S/C9H11NS/c1-7(2)8-3-5-9(10-11)6-4-8/h3-7H,1-2H3. The van der Waals surface area contributed by atoms with Crippen LogP contribution in [0.1, 0.15) is 25.3 Å². The maximum atomic E-state index is 4.55. The van der Waals surface area contributed by atoms with E-state index in [9.17, 15) is 0 Å². The summed E-state index contributed by atoms with van der Waals surface area (Å²) < 4.78 is 3.65. The molecule has 11 heavy (non-hydrogen) atoms. The lowest BCUT2D eigenvalue weighted by molar-refractivity contribution is 0.867. The normalized spacial score (nSPS) is 10.1. The van der Waals surface area contributed by atoms with E-state index in [0.29, 0.717) is 5.92 Å². The maximum Gasteiger partial charge on any atom is 0.0769 e. The molecular formula is C9H11NS. The summed E-state index contributed by atoms with van der Waals surface area (Å²) in [4.78, 5) is 0. The molecule has 0 fully saturated rings. The Hall–Kier alpha value is -0.760. The fraction of sp³-hybridized carbons (Fsp3) is 0.333. The van der Waals surface area contributed by atoms with Crippen molar-refractivity contribution in [3.05, 3.63) is 29.8 Å². The number of rotatable bonds is 2. The van der Waals surface area contributed by atoms with Gasteiger partial charge in [-0.15, -0.1) is 0 Å². The molecule has 0 N–H and O–H groups in total. The van der Waals surface area contributed by atoms with E-state index < -0.39 is 0 Å². The highest BCUT2D eigenvalue weighted by molar-refractivity contribution is 7.47. The molecule has 0 bridgehead atoms. The van der Waals surface area contributed by atoms with E-state index in [-0.39, 0.29) is 0 Å². The third-order valence-corrected chi connectivity index (χ3v) is 1.88. The summed E-state index contributed by atoms with van der Waals surface area (Å²) in [7, 11) is 0. The van der Waals surface area contributed by atoms with E-state index in [1.807, 2.05) is 12.1 Å². The first-order valence-electron chi connectivity index (χ1n) is 3.67. The Balaban J connectivity index is 2.91. The second-order valence-corrected chi connectivity index (χ2v) is 3.02. The van der Waals surface area contributed by atoms with Crippen LogP contribution in [0, 0.1) is 0 Å². The number of hydrogen-bond donors (Lipinski definition) is 0. The molecule has 0 amide bonds. The summed E-state index contributed by atoms with van der Waals surface area (Å²) in [5, 5.41) is 0. The van der Waals surface area contributed by atoms with Crippen molar-refractivity contribution in [3.63, 3.8) is 0 Å². The summed E-state index contributed by atoms with van der Waals surface area (Å²) in [6.07, 6.45) is 0. The Morgan fingerprint density at radius 3 is 2.09 bits per heavy atom. The van der Waals surface area contributed by atoms with Gasteiger partial charge in [-0.05, 0) is 23.6 Å². The van der Waals surface area contributed by atoms with Gasteiger partial charge in [0.25, 0.3) is 0 Å². The zero-order valence-electron chi connectivity index (χ0n) is 6.74. The van der Waals surface area contributed by atoms with E-state index in [4.69, 9.17) is 0 Å². The maximum absolute atomic E-state index is 4.55. The minimum absolute atomic E-state index is 0.578. The summed E-state index contributed by atoms with van der Waals surface area (Å²) in [5.41, 5.74) is 2.19. The van der Waals surface area contributed by atoms with Crippen LogP contribution in [-0.2, 0) is 12.4 Å². The van der Waals surface area contributed by atoms with Crippen LogP contribution in [0.15, 0.2) is 28.6 Å². The largest absolute Gasteiger partial charge is 0.182 e. The van der Waals surface area contributed by atoms with Crippen LogP contribution >= 0.6 is 0 Å². The monoisotopic (exact) mass is 165 g/mol. The molecule has 0 aliphatic rings. The first kappa shape index (κ1) is 8.34. The Morgan fingerprint density at radius 2 is 1.73 bits per heavy atom. The van der Waals surface area contributed by atoms with Crippen molar-refractivity contribution in [2.75, 3.05) is 0 Å². The van der Waals surface area contributed by atoms with Crippen molar-refractivity contribution in [2.24, 2.45) is 4.36 Å². The molecule has 0 saturated carbocycles. The zero-order chi connectivity index (χ0) is 8.27. The topological polar surface area (TPSA) is 12.4 Å².